The zero-order valence-electron chi connectivity index (χ0n) is 28.8. The summed E-state index contributed by atoms with van der Waals surface area (Å²) in [5.74, 6) is 0. The molecule has 2 aromatic heterocycles. The molecule has 0 saturated heterocycles. The number of hydrogen-bond donors (Lipinski definition) is 0. The van der Waals surface area contributed by atoms with Crippen LogP contribution in [0.4, 0.5) is 0 Å². The Kier molecular flexibility index (Phi) is 5.28. The highest BCUT2D eigenvalue weighted by Gasteiger charge is 2.42. The lowest BCUT2D eigenvalue weighted by atomic mass is 9.81. The van der Waals surface area contributed by atoms with Crippen molar-refractivity contribution in [2.75, 3.05) is 0 Å². The first-order valence-electron chi connectivity index (χ1n) is 17.8. The van der Waals surface area contributed by atoms with E-state index in [4.69, 9.17) is 0 Å². The van der Waals surface area contributed by atoms with Crippen LogP contribution >= 0.6 is 0 Å². The van der Waals surface area contributed by atoms with E-state index in [-0.39, 0.29) is 10.8 Å². The predicted molar refractivity (Wildman–Crippen MR) is 210 cm³/mol. The Bertz CT molecular complexity index is 2910. The molecule has 0 aliphatic heterocycles. The maximum absolute atomic E-state index is 2.59. The molecule has 7 aromatic carbocycles. The van der Waals surface area contributed by atoms with Gasteiger partial charge in [0, 0.05) is 49.3 Å². The van der Waals surface area contributed by atoms with Gasteiger partial charge in [0.05, 0.1) is 22.1 Å². The van der Waals surface area contributed by atoms with E-state index in [1.54, 1.807) is 0 Å². The van der Waals surface area contributed by atoms with Crippen LogP contribution in [0.2, 0.25) is 0 Å². The molecule has 2 aliphatic rings. The lowest BCUT2D eigenvalue weighted by Gasteiger charge is -2.24. The molecular formula is C48H36N2. The number of rotatable bonds is 2. The summed E-state index contributed by atoms with van der Waals surface area (Å²) in [7, 11) is 0. The molecule has 0 spiro atoms. The second-order valence-electron chi connectivity index (χ2n) is 15.3. The first-order valence-corrected chi connectivity index (χ1v) is 17.8. The van der Waals surface area contributed by atoms with Gasteiger partial charge >= 0.3 is 0 Å². The van der Waals surface area contributed by atoms with Crippen LogP contribution < -0.4 is 0 Å². The SMILES string of the molecule is CC1(C)c2ccccc2-c2ccc(-n3c4ccccc4c4c5c6ccccc6n(-c6ccccc6)c5c5c(c43)-c3ccccc3C5(C)C)cc21. The first-order chi connectivity index (χ1) is 24.4. The zero-order chi connectivity index (χ0) is 33.5. The van der Waals surface area contributed by atoms with Gasteiger partial charge in [-0.3, -0.25) is 0 Å². The second-order valence-corrected chi connectivity index (χ2v) is 15.3. The number of nitrogens with zero attached hydrogens (tertiary/aromatic N) is 2. The monoisotopic (exact) mass is 640 g/mol. The van der Waals surface area contributed by atoms with E-state index in [2.05, 4.69) is 182 Å². The van der Waals surface area contributed by atoms with E-state index in [1.165, 1.54) is 99.5 Å². The molecule has 0 atom stereocenters. The highest BCUT2D eigenvalue weighted by molar-refractivity contribution is 6.33. The maximum atomic E-state index is 2.59. The van der Waals surface area contributed by atoms with Crippen molar-refractivity contribution >= 4 is 43.6 Å². The van der Waals surface area contributed by atoms with Crippen LogP contribution in [0.1, 0.15) is 49.9 Å². The number of aromatic nitrogens is 2. The molecule has 0 amide bonds. The van der Waals surface area contributed by atoms with Crippen LogP contribution in [0.3, 0.4) is 0 Å². The van der Waals surface area contributed by atoms with Crippen LogP contribution in [0.5, 0.6) is 0 Å². The van der Waals surface area contributed by atoms with E-state index in [0.29, 0.717) is 0 Å². The molecule has 0 bridgehead atoms. The lowest BCUT2D eigenvalue weighted by molar-refractivity contribution is 0.660. The van der Waals surface area contributed by atoms with Crippen LogP contribution in [0, 0.1) is 0 Å². The molecule has 0 fully saturated rings. The van der Waals surface area contributed by atoms with Gasteiger partial charge in [-0.2, -0.15) is 0 Å². The van der Waals surface area contributed by atoms with E-state index >= 15 is 0 Å². The predicted octanol–water partition coefficient (Wildman–Crippen LogP) is 12.5. The summed E-state index contributed by atoms with van der Waals surface area (Å²) in [6, 6.07) is 54.3. The second kappa shape index (κ2) is 9.43. The minimum Gasteiger partial charge on any atom is -0.309 e. The van der Waals surface area contributed by atoms with Gasteiger partial charge in [0.25, 0.3) is 0 Å². The Morgan fingerprint density at radius 2 is 0.920 bits per heavy atom. The van der Waals surface area contributed by atoms with Crippen molar-refractivity contribution in [3.8, 4) is 33.6 Å². The highest BCUT2D eigenvalue weighted by atomic mass is 15.0. The van der Waals surface area contributed by atoms with E-state index in [1.807, 2.05) is 0 Å². The summed E-state index contributed by atoms with van der Waals surface area (Å²) >= 11 is 0. The van der Waals surface area contributed by atoms with E-state index in [9.17, 15) is 0 Å². The van der Waals surface area contributed by atoms with E-state index in [0.717, 1.165) is 0 Å². The van der Waals surface area contributed by atoms with Gasteiger partial charge in [-0.05, 0) is 75.3 Å². The molecule has 0 N–H and O–H groups in total. The molecule has 2 heteroatoms. The topological polar surface area (TPSA) is 9.86 Å². The Balaban J connectivity index is 1.39. The van der Waals surface area contributed by atoms with Gasteiger partial charge in [0.2, 0.25) is 0 Å². The molecule has 2 nitrogen and oxygen atoms in total. The molecule has 0 radical (unpaired) electrons. The average Bonchev–Trinajstić information content (AvgIpc) is 3.81. The first kappa shape index (κ1) is 28.0. The quantitative estimate of drug-likeness (QED) is 0.178. The fraction of sp³-hybridized carbons (Fsp3) is 0.125. The summed E-state index contributed by atoms with van der Waals surface area (Å²) in [6.07, 6.45) is 0. The maximum Gasteiger partial charge on any atom is 0.0630 e. The summed E-state index contributed by atoms with van der Waals surface area (Å²) < 4.78 is 5.13. The molecule has 2 aliphatic carbocycles. The molecule has 11 rings (SSSR count). The minimum absolute atomic E-state index is 0.0897. The number of benzene rings is 7. The Labute approximate surface area is 291 Å². The molecule has 0 saturated carbocycles. The van der Waals surface area contributed by atoms with Crippen molar-refractivity contribution in [1.29, 1.82) is 0 Å². The third kappa shape index (κ3) is 3.29. The summed E-state index contributed by atoms with van der Waals surface area (Å²) in [5, 5.41) is 5.24. The van der Waals surface area contributed by atoms with Gasteiger partial charge in [-0.15, -0.1) is 0 Å². The van der Waals surface area contributed by atoms with Crippen molar-refractivity contribution in [2.24, 2.45) is 0 Å². The molecule has 2 heterocycles. The van der Waals surface area contributed by atoms with Gasteiger partial charge in [0.15, 0.2) is 0 Å². The third-order valence-corrected chi connectivity index (χ3v) is 12.1. The molecule has 50 heavy (non-hydrogen) atoms. The fourth-order valence-electron chi connectivity index (χ4n) is 9.89. The fourth-order valence-corrected chi connectivity index (χ4v) is 9.89. The van der Waals surface area contributed by atoms with Gasteiger partial charge < -0.3 is 9.13 Å². The van der Waals surface area contributed by atoms with Crippen molar-refractivity contribution in [1.82, 2.24) is 9.13 Å². The lowest BCUT2D eigenvalue weighted by Crippen LogP contribution is -2.17. The molecule has 238 valence electrons. The largest absolute Gasteiger partial charge is 0.309 e. The van der Waals surface area contributed by atoms with Crippen molar-refractivity contribution in [3.63, 3.8) is 0 Å². The average molecular weight is 641 g/mol. The highest BCUT2D eigenvalue weighted by Crippen LogP contribution is 2.58. The van der Waals surface area contributed by atoms with Crippen LogP contribution in [0.25, 0.3) is 77.2 Å². The van der Waals surface area contributed by atoms with Crippen LogP contribution in [-0.4, -0.2) is 9.13 Å². The smallest absolute Gasteiger partial charge is 0.0630 e. The van der Waals surface area contributed by atoms with E-state index < -0.39 is 0 Å². The van der Waals surface area contributed by atoms with Crippen LogP contribution in [-0.2, 0) is 10.8 Å². The Hall–Kier alpha value is -5.86. The Morgan fingerprint density at radius 3 is 1.62 bits per heavy atom. The van der Waals surface area contributed by atoms with Gasteiger partial charge in [0.1, 0.15) is 0 Å². The zero-order valence-corrected chi connectivity index (χ0v) is 28.8. The van der Waals surface area contributed by atoms with Crippen molar-refractivity contribution in [2.45, 2.75) is 38.5 Å². The minimum atomic E-state index is -0.220. The standard InChI is InChI=1S/C48H36N2/c1-47(2)36-22-12-8-18-31(36)32-27-26-30(28-38(32)47)50-40-25-15-10-20-34(40)41-42-35-21-11-14-24-39(35)49(29-16-6-5-7-17-29)46(42)44-43(45(41)50)33-19-9-13-23-37(33)48(44,3)4/h5-28H,1-4H3. The Morgan fingerprint density at radius 1 is 0.400 bits per heavy atom. The summed E-state index contributed by atoms with van der Waals surface area (Å²) in [5.41, 5.74) is 18.2. The molecular weight excluding hydrogens is 605 g/mol. The molecule has 0 unspecified atom stereocenters. The summed E-state index contributed by atoms with van der Waals surface area (Å²) in [4.78, 5) is 0. The van der Waals surface area contributed by atoms with Crippen molar-refractivity contribution in [3.05, 3.63) is 168 Å². The van der Waals surface area contributed by atoms with Crippen LogP contribution in [0.15, 0.2) is 146 Å². The van der Waals surface area contributed by atoms with Crippen molar-refractivity contribution < 1.29 is 0 Å². The normalized spacial score (nSPS) is 15.1. The van der Waals surface area contributed by atoms with Gasteiger partial charge in [-0.25, -0.2) is 0 Å². The molecule has 9 aromatic rings. The number of fused-ring (bicyclic) bond motifs is 15. The summed E-state index contributed by atoms with van der Waals surface area (Å²) in [6.45, 7) is 9.62. The number of hydrogen-bond acceptors (Lipinski definition) is 0. The number of para-hydroxylation sites is 3. The van der Waals surface area contributed by atoms with Gasteiger partial charge in [-0.1, -0.05) is 137 Å². The third-order valence-electron chi connectivity index (χ3n) is 12.1.